The number of aromatic nitrogens is 3. The number of fused-ring (bicyclic) bond motifs is 1. The van der Waals surface area contributed by atoms with Crippen LogP contribution in [-0.2, 0) is 11.3 Å². The Morgan fingerprint density at radius 3 is 2.64 bits per heavy atom. The third kappa shape index (κ3) is 6.43. The molecule has 10 nitrogen and oxygen atoms in total. The molecule has 0 spiro atoms. The summed E-state index contributed by atoms with van der Waals surface area (Å²) >= 11 is 1.34. The van der Waals surface area contributed by atoms with E-state index in [0.29, 0.717) is 34.6 Å². The number of nitrogens with one attached hydrogen (secondary N) is 2. The average molecular weight is 585 g/mol. The van der Waals surface area contributed by atoms with Crippen molar-refractivity contribution in [2.75, 3.05) is 50.0 Å². The van der Waals surface area contributed by atoms with Gasteiger partial charge in [0.1, 0.15) is 0 Å². The fourth-order valence-electron chi connectivity index (χ4n) is 4.98. The summed E-state index contributed by atoms with van der Waals surface area (Å²) in [4.78, 5) is 38.6. The fraction of sp³-hybridized carbons (Fsp3) is 0.290. The van der Waals surface area contributed by atoms with E-state index in [9.17, 15) is 9.59 Å². The summed E-state index contributed by atoms with van der Waals surface area (Å²) < 4.78 is 13.2. The topological polar surface area (TPSA) is 115 Å². The number of ketones is 1. The van der Waals surface area contributed by atoms with Gasteiger partial charge < -0.3 is 19.0 Å². The van der Waals surface area contributed by atoms with Crippen molar-refractivity contribution in [3.8, 4) is 10.6 Å². The maximum atomic E-state index is 13.3. The van der Waals surface area contributed by atoms with Gasteiger partial charge in [0, 0.05) is 44.4 Å². The fourth-order valence-corrected chi connectivity index (χ4v) is 5.83. The first-order valence-corrected chi connectivity index (χ1v) is 14.8. The molecule has 1 saturated heterocycles. The molecule has 42 heavy (non-hydrogen) atoms. The number of oxazole rings is 1. The summed E-state index contributed by atoms with van der Waals surface area (Å²) in [7, 11) is 0. The number of hydrogen-bond acceptors (Lipinski definition) is 9. The lowest BCUT2D eigenvalue weighted by Crippen LogP contribution is -2.37. The number of aryl methyl sites for hydroxylation is 2. The summed E-state index contributed by atoms with van der Waals surface area (Å²) in [5.41, 5.74) is 3.10. The van der Waals surface area contributed by atoms with Gasteiger partial charge in [-0.25, -0.2) is 9.97 Å². The zero-order chi connectivity index (χ0) is 28.9. The van der Waals surface area contributed by atoms with Gasteiger partial charge in [0.2, 0.25) is 5.95 Å². The van der Waals surface area contributed by atoms with E-state index in [1.165, 1.54) is 11.3 Å². The molecule has 0 unspecified atom stereocenters. The van der Waals surface area contributed by atoms with E-state index in [0.717, 1.165) is 60.9 Å². The molecule has 2 N–H and O–H groups in total. The number of benzene rings is 2. The number of thiophene rings is 1. The molecule has 2 aromatic carbocycles. The Hall–Kier alpha value is -4.32. The maximum Gasteiger partial charge on any atom is 0.268 e. The van der Waals surface area contributed by atoms with Crippen molar-refractivity contribution in [3.63, 3.8) is 0 Å². The van der Waals surface area contributed by atoms with Gasteiger partial charge in [0.05, 0.1) is 46.7 Å². The standard InChI is InChI=1S/C31H32N6O4S/c1-21-32-20-27(41-21)28-10-11-29(42-28)30(39)35-31-34-24-18-23(33-19-26(38)22-6-3-2-4-7-22)8-9-25(24)37(31)13-5-12-36-14-16-40-17-15-36/h2-4,6-11,18,20,33H,5,12-17,19H2,1H3,(H,34,35,39). The van der Waals surface area contributed by atoms with E-state index < -0.39 is 0 Å². The van der Waals surface area contributed by atoms with E-state index in [2.05, 4.69) is 25.1 Å². The van der Waals surface area contributed by atoms with E-state index in [1.54, 1.807) is 19.2 Å². The van der Waals surface area contributed by atoms with Crippen molar-refractivity contribution in [1.29, 1.82) is 0 Å². The summed E-state index contributed by atoms with van der Waals surface area (Å²) in [5, 5.41) is 6.25. The molecule has 5 aromatic rings. The number of rotatable bonds is 11. The quantitative estimate of drug-likeness (QED) is 0.200. The lowest BCUT2D eigenvalue weighted by Gasteiger charge is -2.26. The minimum Gasteiger partial charge on any atom is -0.440 e. The molecule has 4 heterocycles. The molecule has 1 fully saturated rings. The highest BCUT2D eigenvalue weighted by Crippen LogP contribution is 2.30. The van der Waals surface area contributed by atoms with Crippen molar-refractivity contribution in [3.05, 3.63) is 83.2 Å². The van der Waals surface area contributed by atoms with E-state index >= 15 is 0 Å². The highest BCUT2D eigenvalue weighted by atomic mass is 32.1. The number of ether oxygens (including phenoxy) is 1. The van der Waals surface area contributed by atoms with Crippen LogP contribution in [0.2, 0.25) is 0 Å². The Balaban J connectivity index is 1.21. The molecule has 0 bridgehead atoms. The Morgan fingerprint density at radius 1 is 1.02 bits per heavy atom. The molecule has 6 rings (SSSR count). The van der Waals surface area contributed by atoms with Crippen LogP contribution in [0.3, 0.4) is 0 Å². The van der Waals surface area contributed by atoms with Crippen LogP contribution < -0.4 is 10.6 Å². The van der Waals surface area contributed by atoms with Gasteiger partial charge in [-0.1, -0.05) is 30.3 Å². The summed E-state index contributed by atoms with van der Waals surface area (Å²) in [6.07, 6.45) is 2.56. The molecular formula is C31H32N6O4S. The second-order valence-electron chi connectivity index (χ2n) is 10.1. The minimum absolute atomic E-state index is 0.00750. The third-order valence-electron chi connectivity index (χ3n) is 7.18. The van der Waals surface area contributed by atoms with Crippen molar-refractivity contribution >= 4 is 45.7 Å². The van der Waals surface area contributed by atoms with Crippen molar-refractivity contribution < 1.29 is 18.7 Å². The second kappa shape index (κ2) is 12.7. The first kappa shape index (κ1) is 27.8. The number of carbonyl (C=O) groups is 2. The smallest absolute Gasteiger partial charge is 0.268 e. The van der Waals surface area contributed by atoms with Crippen molar-refractivity contribution in [2.24, 2.45) is 0 Å². The highest BCUT2D eigenvalue weighted by Gasteiger charge is 2.18. The molecule has 1 amide bonds. The zero-order valence-corrected chi connectivity index (χ0v) is 24.2. The van der Waals surface area contributed by atoms with Gasteiger partial charge in [0.25, 0.3) is 5.91 Å². The first-order valence-electron chi connectivity index (χ1n) is 14.0. The minimum atomic E-state index is -0.237. The zero-order valence-electron chi connectivity index (χ0n) is 23.3. The van der Waals surface area contributed by atoms with Gasteiger partial charge >= 0.3 is 0 Å². The number of amides is 1. The largest absolute Gasteiger partial charge is 0.440 e. The lowest BCUT2D eigenvalue weighted by molar-refractivity contribution is 0.0370. The molecule has 216 valence electrons. The van der Waals surface area contributed by atoms with Crippen LogP contribution in [-0.4, -0.2) is 70.5 Å². The number of hydrogen-bond donors (Lipinski definition) is 2. The van der Waals surface area contributed by atoms with Crippen LogP contribution in [0.15, 0.2) is 71.3 Å². The molecule has 0 atom stereocenters. The molecule has 1 aliphatic rings. The van der Waals surface area contributed by atoms with Crippen molar-refractivity contribution in [1.82, 2.24) is 19.4 Å². The molecule has 1 aliphatic heterocycles. The lowest BCUT2D eigenvalue weighted by atomic mass is 10.1. The predicted molar refractivity (Wildman–Crippen MR) is 163 cm³/mol. The van der Waals surface area contributed by atoms with Crippen LogP contribution >= 0.6 is 11.3 Å². The molecule has 0 saturated carbocycles. The molecule has 0 radical (unpaired) electrons. The van der Waals surface area contributed by atoms with Crippen LogP contribution in [0.1, 0.15) is 32.3 Å². The molecule has 0 aliphatic carbocycles. The maximum absolute atomic E-state index is 13.3. The molecule has 11 heteroatoms. The number of nitrogens with zero attached hydrogens (tertiary/aromatic N) is 4. The van der Waals surface area contributed by atoms with Gasteiger partial charge in [0.15, 0.2) is 17.4 Å². The SMILES string of the molecule is Cc1ncc(-c2ccc(C(=O)Nc3nc4cc(NCC(=O)c5ccccc5)ccc4n3CCCN3CCOCC3)s2)o1. The average Bonchev–Trinajstić information content (AvgIpc) is 3.76. The van der Waals surface area contributed by atoms with E-state index in [4.69, 9.17) is 14.1 Å². The number of anilines is 2. The Labute approximate surface area is 247 Å². The molecule has 3 aromatic heterocycles. The third-order valence-corrected chi connectivity index (χ3v) is 8.27. The van der Waals surface area contributed by atoms with E-state index in [1.807, 2.05) is 54.6 Å². The number of imidazole rings is 1. The monoisotopic (exact) mass is 584 g/mol. The second-order valence-corrected chi connectivity index (χ2v) is 11.2. The normalized spacial score (nSPS) is 13.8. The van der Waals surface area contributed by atoms with Crippen LogP contribution in [0, 0.1) is 6.92 Å². The van der Waals surface area contributed by atoms with E-state index in [-0.39, 0.29) is 18.2 Å². The summed E-state index contributed by atoms with van der Waals surface area (Å²) in [5.74, 6) is 1.47. The van der Waals surface area contributed by atoms with Gasteiger partial charge in [-0.2, -0.15) is 0 Å². The Bertz CT molecular complexity index is 1690. The van der Waals surface area contributed by atoms with Gasteiger partial charge in [-0.05, 0) is 36.8 Å². The highest BCUT2D eigenvalue weighted by molar-refractivity contribution is 7.17. The van der Waals surface area contributed by atoms with Gasteiger partial charge in [-0.3, -0.25) is 19.8 Å². The Morgan fingerprint density at radius 2 is 1.86 bits per heavy atom. The number of Topliss-reactive ketones (excluding diaryl/α,β-unsaturated/α-hetero) is 1. The van der Waals surface area contributed by atoms with Crippen LogP contribution in [0.5, 0.6) is 0 Å². The van der Waals surface area contributed by atoms with Crippen LogP contribution in [0.25, 0.3) is 21.7 Å². The molecular weight excluding hydrogens is 552 g/mol. The number of morpholine rings is 1. The van der Waals surface area contributed by atoms with Gasteiger partial charge in [-0.15, -0.1) is 11.3 Å². The van der Waals surface area contributed by atoms with Crippen molar-refractivity contribution in [2.45, 2.75) is 19.9 Å². The summed E-state index contributed by atoms with van der Waals surface area (Å²) in [6.45, 7) is 6.95. The van der Waals surface area contributed by atoms with Crippen LogP contribution in [0.4, 0.5) is 11.6 Å². The summed E-state index contributed by atoms with van der Waals surface area (Å²) in [6, 6.07) is 18.7. The Kier molecular flexibility index (Phi) is 8.40. The first-order chi connectivity index (χ1) is 20.5. The number of carbonyl (C=O) groups excluding carboxylic acids is 2. The predicted octanol–water partition coefficient (Wildman–Crippen LogP) is 5.33.